The lowest BCUT2D eigenvalue weighted by Crippen LogP contribution is -2.45. The molecule has 37 heavy (non-hydrogen) atoms. The molecule has 0 unspecified atom stereocenters. The normalized spacial score (nSPS) is 15.4. The molecule has 5 rings (SSSR count). The Hall–Kier alpha value is -2.80. The number of hydrogen-bond acceptors (Lipinski definition) is 3. The van der Waals surface area contributed by atoms with Crippen molar-refractivity contribution in [1.82, 2.24) is 9.88 Å². The maximum Gasteiger partial charge on any atom is 0.253 e. The van der Waals surface area contributed by atoms with E-state index in [1.165, 1.54) is 18.3 Å². The molecular weight excluding hydrogens is 515 g/mol. The number of fused-ring (bicyclic) bond motifs is 1. The second-order valence-corrected chi connectivity index (χ2v) is 11.3. The predicted molar refractivity (Wildman–Crippen MR) is 145 cm³/mol. The summed E-state index contributed by atoms with van der Waals surface area (Å²) in [7, 11) is 0. The van der Waals surface area contributed by atoms with Gasteiger partial charge in [0, 0.05) is 40.2 Å². The van der Waals surface area contributed by atoms with E-state index in [0.29, 0.717) is 36.8 Å². The fourth-order valence-electron chi connectivity index (χ4n) is 5.18. The molecule has 0 saturated carbocycles. The summed E-state index contributed by atoms with van der Waals surface area (Å²) in [5.41, 5.74) is 2.54. The van der Waals surface area contributed by atoms with Crippen molar-refractivity contribution in [2.75, 3.05) is 13.1 Å². The molecule has 1 aliphatic rings. The predicted octanol–water partition coefficient (Wildman–Crippen LogP) is 7.77. The van der Waals surface area contributed by atoms with Crippen molar-refractivity contribution < 1.29 is 13.5 Å². The molecule has 0 N–H and O–H groups in total. The van der Waals surface area contributed by atoms with Crippen LogP contribution in [0.2, 0.25) is 10.0 Å². The molecule has 2 aromatic carbocycles. The summed E-state index contributed by atoms with van der Waals surface area (Å²) in [5.74, 6) is -1.23. The van der Waals surface area contributed by atoms with Crippen molar-refractivity contribution in [2.45, 2.75) is 45.1 Å². The molecule has 1 fully saturated rings. The van der Waals surface area contributed by atoms with E-state index in [9.17, 15) is 9.60 Å². The first-order valence-corrected chi connectivity index (χ1v) is 13.0. The number of piperidine rings is 1. The third kappa shape index (κ3) is 4.90. The van der Waals surface area contributed by atoms with Gasteiger partial charge in [0.1, 0.15) is 17.2 Å². The molecule has 0 amide bonds. The van der Waals surface area contributed by atoms with E-state index in [-0.39, 0.29) is 22.7 Å². The van der Waals surface area contributed by atoms with Gasteiger partial charge in [0.2, 0.25) is 0 Å². The van der Waals surface area contributed by atoms with Gasteiger partial charge in [-0.3, -0.25) is 4.90 Å². The highest BCUT2D eigenvalue weighted by atomic mass is 35.5. The molecule has 3 heterocycles. The van der Waals surface area contributed by atoms with Crippen molar-refractivity contribution in [3.63, 3.8) is 0 Å². The number of halogens is 4. The lowest BCUT2D eigenvalue weighted by molar-refractivity contribution is -0.592. The summed E-state index contributed by atoms with van der Waals surface area (Å²) in [6.07, 6.45) is 3.08. The highest BCUT2D eigenvalue weighted by Gasteiger charge is 2.30. The van der Waals surface area contributed by atoms with E-state index < -0.39 is 11.6 Å². The summed E-state index contributed by atoms with van der Waals surface area (Å²) in [5, 5.41) is 14.3. The quantitative estimate of drug-likeness (QED) is 0.196. The Bertz CT molecular complexity index is 1470. The molecule has 0 aliphatic carbocycles. The minimum Gasteiger partial charge on any atom is -0.618 e. The number of nitrogens with zero attached hydrogens (tertiary/aromatic N) is 3. The maximum atomic E-state index is 15.1. The van der Waals surface area contributed by atoms with Crippen LogP contribution in [0.4, 0.5) is 8.78 Å². The molecule has 0 atom stereocenters. The van der Waals surface area contributed by atoms with Gasteiger partial charge in [0.15, 0.2) is 6.20 Å². The van der Waals surface area contributed by atoms with Crippen LogP contribution in [0.15, 0.2) is 54.7 Å². The monoisotopic (exact) mass is 541 g/mol. The fraction of sp³-hybridized carbons (Fsp3) is 0.310. The van der Waals surface area contributed by atoms with E-state index in [1.54, 1.807) is 24.3 Å². The molecular formula is C29H27Cl2F2N3O. The summed E-state index contributed by atoms with van der Waals surface area (Å²) < 4.78 is 29.5. The molecule has 8 heteroatoms. The number of benzene rings is 2. The molecule has 0 radical (unpaired) electrons. The first-order chi connectivity index (χ1) is 17.5. The van der Waals surface area contributed by atoms with Gasteiger partial charge in [0.05, 0.1) is 15.6 Å². The molecule has 0 bridgehead atoms. The minimum absolute atomic E-state index is 0.0618. The Morgan fingerprint density at radius 3 is 2.27 bits per heavy atom. The molecule has 1 saturated heterocycles. The summed E-state index contributed by atoms with van der Waals surface area (Å²) in [6.45, 7) is 8.39. The number of hydrogen-bond donors (Lipinski definition) is 0. The topological polar surface area (TPSA) is 43.1 Å². The molecule has 1 aliphatic heterocycles. The summed E-state index contributed by atoms with van der Waals surface area (Å²) >= 11 is 13.0. The van der Waals surface area contributed by atoms with Gasteiger partial charge in [-0.15, -0.1) is 0 Å². The zero-order chi connectivity index (χ0) is 26.5. The van der Waals surface area contributed by atoms with Crippen LogP contribution in [-0.4, -0.2) is 28.5 Å². The molecule has 4 aromatic rings. The first-order valence-electron chi connectivity index (χ1n) is 12.3. The largest absolute Gasteiger partial charge is 0.618 e. The van der Waals surface area contributed by atoms with Crippen molar-refractivity contribution in [1.29, 1.82) is 0 Å². The lowest BCUT2D eigenvalue weighted by Gasteiger charge is -2.40. The van der Waals surface area contributed by atoms with Crippen molar-refractivity contribution >= 4 is 34.1 Å². The zero-order valence-corrected chi connectivity index (χ0v) is 22.4. The van der Waals surface area contributed by atoms with Crippen LogP contribution in [0.5, 0.6) is 0 Å². The van der Waals surface area contributed by atoms with Gasteiger partial charge >= 0.3 is 0 Å². The third-order valence-corrected chi connectivity index (χ3v) is 7.81. The Morgan fingerprint density at radius 1 is 0.973 bits per heavy atom. The average Bonchev–Trinajstić information content (AvgIpc) is 2.84. The van der Waals surface area contributed by atoms with Gasteiger partial charge in [-0.2, -0.15) is 4.73 Å². The van der Waals surface area contributed by atoms with Gasteiger partial charge in [0.25, 0.3) is 5.69 Å². The fourth-order valence-corrected chi connectivity index (χ4v) is 5.76. The van der Waals surface area contributed by atoms with Crippen molar-refractivity contribution in [2.24, 2.45) is 0 Å². The number of pyridine rings is 2. The Kier molecular flexibility index (Phi) is 6.86. The average molecular weight is 542 g/mol. The van der Waals surface area contributed by atoms with E-state index >= 15 is 4.39 Å². The van der Waals surface area contributed by atoms with E-state index in [4.69, 9.17) is 28.2 Å². The zero-order valence-electron chi connectivity index (χ0n) is 20.9. The van der Waals surface area contributed by atoms with Crippen LogP contribution in [0.1, 0.15) is 45.2 Å². The standard InChI is InChI=1S/C29H27Cl2F2N3O/c1-29(2,3)35-12-9-17(10-13-35)25-16-21(19-8-7-18(32)15-24(19)33)20-11-14-36(37)28(27(20)34-25)26-22(30)5-4-6-23(26)31/h4-8,11,14-17H,9-10,12-13H2,1-3H3. The Morgan fingerprint density at radius 2 is 1.65 bits per heavy atom. The lowest BCUT2D eigenvalue weighted by atomic mass is 9.88. The van der Waals surface area contributed by atoms with Crippen molar-refractivity contribution in [3.8, 4) is 22.4 Å². The highest BCUT2D eigenvalue weighted by Crippen LogP contribution is 2.41. The van der Waals surface area contributed by atoms with Crippen LogP contribution in [0.3, 0.4) is 0 Å². The number of rotatable bonds is 3. The van der Waals surface area contributed by atoms with Crippen LogP contribution < -0.4 is 4.73 Å². The molecule has 2 aromatic heterocycles. The van der Waals surface area contributed by atoms with E-state index in [2.05, 4.69) is 25.7 Å². The number of likely N-dealkylation sites (tertiary alicyclic amines) is 1. The van der Waals surface area contributed by atoms with Gasteiger partial charge in [-0.25, -0.2) is 13.8 Å². The smallest absolute Gasteiger partial charge is 0.253 e. The van der Waals surface area contributed by atoms with Crippen LogP contribution in [0, 0.1) is 16.8 Å². The molecule has 192 valence electrons. The van der Waals surface area contributed by atoms with Gasteiger partial charge < -0.3 is 5.21 Å². The summed E-state index contributed by atoms with van der Waals surface area (Å²) in [6, 6.07) is 12.0. The van der Waals surface area contributed by atoms with Crippen LogP contribution in [-0.2, 0) is 0 Å². The van der Waals surface area contributed by atoms with Gasteiger partial charge in [-0.1, -0.05) is 29.3 Å². The highest BCUT2D eigenvalue weighted by molar-refractivity contribution is 6.39. The SMILES string of the molecule is CC(C)(C)N1CCC(c2cc(-c3ccc(F)cc3F)c3cc[n+]([O-])c(-c4c(Cl)cccc4Cl)c3n2)CC1. The minimum atomic E-state index is -0.683. The number of aromatic nitrogens is 2. The first kappa shape index (κ1) is 25.8. The Balaban J connectivity index is 1.76. The Labute approximate surface area is 225 Å². The second-order valence-electron chi connectivity index (χ2n) is 10.5. The maximum absolute atomic E-state index is 15.1. The van der Waals surface area contributed by atoms with E-state index in [1.807, 2.05) is 6.07 Å². The molecule has 0 spiro atoms. The summed E-state index contributed by atoms with van der Waals surface area (Å²) in [4.78, 5) is 7.42. The van der Waals surface area contributed by atoms with Crippen molar-refractivity contribution in [3.05, 3.63) is 87.3 Å². The third-order valence-electron chi connectivity index (χ3n) is 7.18. The van der Waals surface area contributed by atoms with E-state index in [0.717, 1.165) is 37.7 Å². The second kappa shape index (κ2) is 9.82. The molecule has 4 nitrogen and oxygen atoms in total. The van der Waals surface area contributed by atoms with Crippen LogP contribution in [0.25, 0.3) is 33.3 Å². The van der Waals surface area contributed by atoms with Crippen LogP contribution >= 0.6 is 23.2 Å². The van der Waals surface area contributed by atoms with Gasteiger partial charge in [-0.05, 0) is 82.6 Å².